The van der Waals surface area contributed by atoms with E-state index < -0.39 is 11.9 Å². The maximum Gasteiger partial charge on any atom is 0.434 e. The minimum absolute atomic E-state index is 0.389. The van der Waals surface area contributed by atoms with Gasteiger partial charge in [0.15, 0.2) is 5.69 Å². The Hall–Kier alpha value is -0.100. The molecule has 1 rings (SSSR count). The maximum atomic E-state index is 11.7. The second-order valence-electron chi connectivity index (χ2n) is 1.51. The summed E-state index contributed by atoms with van der Waals surface area (Å²) in [5, 5.41) is 0. The van der Waals surface area contributed by atoms with E-state index in [0.29, 0.717) is 3.79 Å². The molecule has 6 heteroatoms. The van der Waals surface area contributed by atoms with E-state index in [-0.39, 0.29) is 0 Å². The van der Waals surface area contributed by atoms with E-state index in [4.69, 9.17) is 0 Å². The van der Waals surface area contributed by atoms with Crippen molar-refractivity contribution in [2.75, 3.05) is 0 Å². The lowest BCUT2D eigenvalue weighted by molar-refractivity contribution is -0.140. The van der Waals surface area contributed by atoms with E-state index in [9.17, 15) is 13.2 Å². The summed E-state index contributed by atoms with van der Waals surface area (Å²) in [6.45, 7) is 0. The lowest BCUT2D eigenvalue weighted by Crippen LogP contribution is -2.04. The molecule has 1 heterocycles. The molecule has 56 valence electrons. The quantitative estimate of drug-likeness (QED) is 0.670. The van der Waals surface area contributed by atoms with Crippen LogP contribution in [0.2, 0.25) is 0 Å². The fraction of sp³-hybridized carbons (Fsp3) is 0.250. The molecule has 0 aliphatic carbocycles. The van der Waals surface area contributed by atoms with Gasteiger partial charge in [-0.05, 0) is 33.5 Å². The first-order valence-corrected chi connectivity index (χ1v) is 3.76. The van der Waals surface area contributed by atoms with E-state index in [1.165, 1.54) is 0 Å². The SMILES string of the molecule is FC(F)(F)c1cc(Br)sn1. The molecule has 0 fully saturated rings. The number of nitrogens with zero attached hydrogens (tertiary/aromatic N) is 1. The Morgan fingerprint density at radius 2 is 2.10 bits per heavy atom. The molecule has 1 aromatic heterocycles. The van der Waals surface area contributed by atoms with Crippen LogP contribution in [0.4, 0.5) is 13.2 Å². The Labute approximate surface area is 67.2 Å². The zero-order valence-electron chi connectivity index (χ0n) is 4.44. The van der Waals surface area contributed by atoms with E-state index >= 15 is 0 Å². The highest BCUT2D eigenvalue weighted by Crippen LogP contribution is 2.31. The summed E-state index contributed by atoms with van der Waals surface area (Å²) in [7, 11) is 0. The Balaban J connectivity index is 2.96. The molecule has 1 aromatic rings. The molecule has 0 atom stereocenters. The van der Waals surface area contributed by atoms with Crippen molar-refractivity contribution in [2.45, 2.75) is 6.18 Å². The minimum atomic E-state index is -4.32. The van der Waals surface area contributed by atoms with Gasteiger partial charge in [-0.1, -0.05) is 0 Å². The van der Waals surface area contributed by atoms with Crippen LogP contribution in [0.1, 0.15) is 5.69 Å². The molecule has 0 radical (unpaired) electrons. The lowest BCUT2D eigenvalue weighted by atomic mass is 10.4. The summed E-state index contributed by atoms with van der Waals surface area (Å²) in [4.78, 5) is 0. The van der Waals surface area contributed by atoms with Gasteiger partial charge in [-0.3, -0.25) is 0 Å². The average Bonchev–Trinajstić information content (AvgIpc) is 2.11. The highest BCUT2D eigenvalue weighted by atomic mass is 79.9. The van der Waals surface area contributed by atoms with Crippen molar-refractivity contribution in [3.63, 3.8) is 0 Å². The summed E-state index contributed by atoms with van der Waals surface area (Å²) >= 11 is 3.66. The average molecular weight is 232 g/mol. The molecule has 0 unspecified atom stereocenters. The Morgan fingerprint density at radius 1 is 1.50 bits per heavy atom. The summed E-state index contributed by atoms with van der Waals surface area (Å²) in [6.07, 6.45) is -4.32. The van der Waals surface area contributed by atoms with Crippen LogP contribution in [-0.4, -0.2) is 4.37 Å². The molecule has 0 amide bonds. The zero-order valence-corrected chi connectivity index (χ0v) is 6.85. The van der Waals surface area contributed by atoms with Gasteiger partial charge in [-0.15, -0.1) is 0 Å². The van der Waals surface area contributed by atoms with Crippen LogP contribution < -0.4 is 0 Å². The van der Waals surface area contributed by atoms with Crippen molar-refractivity contribution >= 4 is 27.5 Å². The van der Waals surface area contributed by atoms with Crippen molar-refractivity contribution in [3.05, 3.63) is 15.5 Å². The molecule has 0 aliphatic rings. The molecule has 0 aromatic carbocycles. The second-order valence-corrected chi connectivity index (χ2v) is 3.70. The first-order valence-electron chi connectivity index (χ1n) is 2.19. The number of rotatable bonds is 0. The molecule has 0 saturated heterocycles. The van der Waals surface area contributed by atoms with Gasteiger partial charge in [0.25, 0.3) is 0 Å². The van der Waals surface area contributed by atoms with Crippen molar-refractivity contribution in [3.8, 4) is 0 Å². The van der Waals surface area contributed by atoms with Gasteiger partial charge >= 0.3 is 6.18 Å². The third-order valence-corrected chi connectivity index (χ3v) is 2.02. The predicted octanol–water partition coefficient (Wildman–Crippen LogP) is 2.92. The minimum Gasteiger partial charge on any atom is -0.187 e. The van der Waals surface area contributed by atoms with Gasteiger partial charge in [0, 0.05) is 0 Å². The van der Waals surface area contributed by atoms with Crippen LogP contribution in [0.3, 0.4) is 0 Å². The zero-order chi connectivity index (χ0) is 7.78. The van der Waals surface area contributed by atoms with E-state index in [1.54, 1.807) is 0 Å². The molecule has 0 aliphatic heterocycles. The lowest BCUT2D eigenvalue weighted by Gasteiger charge is -1.98. The van der Waals surface area contributed by atoms with E-state index in [1.807, 2.05) is 0 Å². The topological polar surface area (TPSA) is 12.9 Å². The Kier molecular flexibility index (Phi) is 2.00. The highest BCUT2D eigenvalue weighted by Gasteiger charge is 2.33. The van der Waals surface area contributed by atoms with Gasteiger partial charge in [-0.25, -0.2) is 0 Å². The van der Waals surface area contributed by atoms with Crippen LogP contribution in [0, 0.1) is 0 Å². The fourth-order valence-corrected chi connectivity index (χ4v) is 1.33. The standard InChI is InChI=1S/C4HBrF3NS/c5-3-1-2(9-10-3)4(6,7)8/h1H. The molecule has 1 nitrogen and oxygen atoms in total. The van der Waals surface area contributed by atoms with Gasteiger partial charge in [0.05, 0.1) is 3.79 Å². The summed E-state index contributed by atoms with van der Waals surface area (Å²) in [6, 6.07) is 0.949. The normalized spacial score (nSPS) is 12.0. The third kappa shape index (κ3) is 1.69. The smallest absolute Gasteiger partial charge is 0.187 e. The molecular weight excluding hydrogens is 231 g/mol. The second kappa shape index (κ2) is 2.50. The highest BCUT2D eigenvalue weighted by molar-refractivity contribution is 9.11. The van der Waals surface area contributed by atoms with Crippen LogP contribution >= 0.6 is 27.5 Å². The van der Waals surface area contributed by atoms with Crippen LogP contribution in [-0.2, 0) is 6.18 Å². The van der Waals surface area contributed by atoms with Crippen molar-refractivity contribution in [1.29, 1.82) is 0 Å². The third-order valence-electron chi connectivity index (χ3n) is 0.772. The molecule has 0 N–H and O–H groups in total. The van der Waals surface area contributed by atoms with Gasteiger partial charge < -0.3 is 0 Å². The number of hydrogen-bond donors (Lipinski definition) is 0. The van der Waals surface area contributed by atoms with Crippen LogP contribution in [0.5, 0.6) is 0 Å². The van der Waals surface area contributed by atoms with Crippen molar-refractivity contribution in [1.82, 2.24) is 4.37 Å². The number of alkyl halides is 3. The monoisotopic (exact) mass is 231 g/mol. The van der Waals surface area contributed by atoms with Crippen molar-refractivity contribution in [2.24, 2.45) is 0 Å². The molecular formula is C4HBrF3NS. The maximum absolute atomic E-state index is 11.7. The van der Waals surface area contributed by atoms with Crippen LogP contribution in [0.15, 0.2) is 9.85 Å². The van der Waals surface area contributed by atoms with Crippen LogP contribution in [0.25, 0.3) is 0 Å². The van der Waals surface area contributed by atoms with Gasteiger partial charge in [-0.2, -0.15) is 17.5 Å². The molecule has 0 spiro atoms. The number of halogens is 4. The summed E-state index contributed by atoms with van der Waals surface area (Å²) in [5.74, 6) is 0. The molecule has 0 saturated carbocycles. The first-order chi connectivity index (χ1) is 4.50. The first kappa shape index (κ1) is 8.00. The predicted molar refractivity (Wildman–Crippen MR) is 34.8 cm³/mol. The van der Waals surface area contributed by atoms with Gasteiger partial charge in [0.1, 0.15) is 0 Å². The Morgan fingerprint density at radius 3 is 2.30 bits per heavy atom. The van der Waals surface area contributed by atoms with Crippen molar-refractivity contribution < 1.29 is 13.2 Å². The largest absolute Gasteiger partial charge is 0.434 e. The van der Waals surface area contributed by atoms with E-state index in [0.717, 1.165) is 17.6 Å². The van der Waals surface area contributed by atoms with E-state index in [2.05, 4.69) is 20.3 Å². The molecule has 0 bridgehead atoms. The fourth-order valence-electron chi connectivity index (χ4n) is 0.387. The van der Waals surface area contributed by atoms with Gasteiger partial charge in [0.2, 0.25) is 0 Å². The summed E-state index contributed by atoms with van der Waals surface area (Å²) < 4.78 is 38.7. The Bertz CT molecular complexity index is 231. The number of aromatic nitrogens is 1. The summed E-state index contributed by atoms with van der Waals surface area (Å²) in [5.41, 5.74) is -0.843. The number of hydrogen-bond acceptors (Lipinski definition) is 2. The molecule has 10 heavy (non-hydrogen) atoms.